The Kier molecular flexibility index (Phi) is 4.68. The van der Waals surface area contributed by atoms with Gasteiger partial charge < -0.3 is 15.0 Å². The molecular formula is C15H19ClN2O2. The summed E-state index contributed by atoms with van der Waals surface area (Å²) in [6.45, 7) is 6.13. The van der Waals surface area contributed by atoms with Gasteiger partial charge in [-0.3, -0.25) is 0 Å². The lowest BCUT2D eigenvalue weighted by Gasteiger charge is -2.14. The summed E-state index contributed by atoms with van der Waals surface area (Å²) in [7, 11) is 0. The van der Waals surface area contributed by atoms with E-state index in [2.05, 4.69) is 5.16 Å². The number of nitrogens with two attached hydrogens (primary N) is 1. The van der Waals surface area contributed by atoms with Crippen LogP contribution in [-0.4, -0.2) is 11.2 Å². The van der Waals surface area contributed by atoms with Crippen LogP contribution >= 0.6 is 11.6 Å². The number of hydrogen-bond donors (Lipinski definition) is 1. The minimum absolute atomic E-state index is 0.0244. The van der Waals surface area contributed by atoms with Crippen LogP contribution in [0, 0.1) is 13.8 Å². The van der Waals surface area contributed by atoms with Crippen molar-refractivity contribution in [2.24, 2.45) is 5.73 Å². The Morgan fingerprint density at radius 2 is 2.10 bits per heavy atom. The van der Waals surface area contributed by atoms with Crippen LogP contribution in [0.2, 0.25) is 5.02 Å². The first-order valence-corrected chi connectivity index (χ1v) is 6.94. The molecule has 0 aliphatic carbocycles. The number of nitrogens with zero attached hydrogens (tertiary/aromatic N) is 1. The van der Waals surface area contributed by atoms with Gasteiger partial charge in [0.05, 0.1) is 11.3 Å². The lowest BCUT2D eigenvalue weighted by Crippen LogP contribution is -2.18. The Balaban J connectivity index is 2.19. The second kappa shape index (κ2) is 6.29. The molecule has 0 aliphatic heterocycles. The molecule has 0 spiro atoms. The van der Waals surface area contributed by atoms with Gasteiger partial charge in [0, 0.05) is 16.6 Å². The number of benzene rings is 1. The van der Waals surface area contributed by atoms with E-state index in [0.29, 0.717) is 18.1 Å². The molecule has 5 heteroatoms. The summed E-state index contributed by atoms with van der Waals surface area (Å²) in [6.07, 6.45) is 0.677. The highest BCUT2D eigenvalue weighted by Crippen LogP contribution is 2.28. The van der Waals surface area contributed by atoms with Gasteiger partial charge in [-0.05, 0) is 39.3 Å². The molecule has 0 saturated heterocycles. The molecular weight excluding hydrogens is 276 g/mol. The largest absolute Gasteiger partial charge is 0.488 e. The molecule has 2 N–H and O–H groups in total. The average Bonchev–Trinajstić information content (AvgIpc) is 2.70. The molecule has 20 heavy (non-hydrogen) atoms. The molecule has 108 valence electrons. The molecule has 4 nitrogen and oxygen atoms in total. The molecule has 0 bridgehead atoms. The maximum atomic E-state index is 6.23. The fraction of sp³-hybridized carbons (Fsp3) is 0.400. The van der Waals surface area contributed by atoms with E-state index in [1.165, 1.54) is 0 Å². The first-order chi connectivity index (χ1) is 9.49. The molecule has 0 radical (unpaired) electrons. The van der Waals surface area contributed by atoms with Gasteiger partial charge in [-0.1, -0.05) is 22.8 Å². The highest BCUT2D eigenvalue weighted by molar-refractivity contribution is 6.31. The minimum Gasteiger partial charge on any atom is -0.488 e. The summed E-state index contributed by atoms with van der Waals surface area (Å²) in [4.78, 5) is 0. The Morgan fingerprint density at radius 3 is 2.70 bits per heavy atom. The van der Waals surface area contributed by atoms with Crippen LogP contribution < -0.4 is 10.5 Å². The van der Waals surface area contributed by atoms with Crippen LogP contribution in [0.3, 0.4) is 0 Å². The molecule has 0 amide bonds. The van der Waals surface area contributed by atoms with Gasteiger partial charge in [-0.15, -0.1) is 0 Å². The predicted molar refractivity (Wildman–Crippen MR) is 79.1 cm³/mol. The second-order valence-corrected chi connectivity index (χ2v) is 5.40. The standard InChI is InChI=1S/C15H19ClN2O2/c1-9(17)7-12-14(16)5-4-6-15(12)19-8-13-10(2)18-20-11(13)3/h4-6,9H,7-8,17H2,1-3H3. The van der Waals surface area contributed by atoms with Crippen LogP contribution in [0.15, 0.2) is 22.7 Å². The van der Waals surface area contributed by atoms with E-state index < -0.39 is 0 Å². The van der Waals surface area contributed by atoms with E-state index in [0.717, 1.165) is 28.3 Å². The Bertz CT molecular complexity index is 574. The topological polar surface area (TPSA) is 61.3 Å². The minimum atomic E-state index is 0.0244. The third-order valence-corrected chi connectivity index (χ3v) is 3.51. The van der Waals surface area contributed by atoms with Crippen molar-refractivity contribution in [2.45, 2.75) is 39.8 Å². The molecule has 0 saturated carbocycles. The van der Waals surface area contributed by atoms with Gasteiger partial charge in [0.15, 0.2) is 0 Å². The van der Waals surface area contributed by atoms with Gasteiger partial charge in [0.2, 0.25) is 0 Å². The fourth-order valence-electron chi connectivity index (χ4n) is 2.05. The number of rotatable bonds is 5. The normalized spacial score (nSPS) is 12.4. The van der Waals surface area contributed by atoms with Crippen molar-refractivity contribution >= 4 is 11.6 Å². The fourth-order valence-corrected chi connectivity index (χ4v) is 2.30. The molecule has 1 aromatic carbocycles. The van der Waals surface area contributed by atoms with Gasteiger partial charge in [-0.2, -0.15) is 0 Å². The van der Waals surface area contributed by atoms with Crippen LogP contribution in [0.1, 0.15) is 29.5 Å². The van der Waals surface area contributed by atoms with E-state index in [-0.39, 0.29) is 6.04 Å². The lowest BCUT2D eigenvalue weighted by atomic mass is 10.1. The van der Waals surface area contributed by atoms with Crippen molar-refractivity contribution in [3.63, 3.8) is 0 Å². The molecule has 2 aromatic rings. The van der Waals surface area contributed by atoms with Gasteiger partial charge in [0.25, 0.3) is 0 Å². The maximum absolute atomic E-state index is 6.23. The monoisotopic (exact) mass is 294 g/mol. The summed E-state index contributed by atoms with van der Waals surface area (Å²) in [5.74, 6) is 1.54. The number of aromatic nitrogens is 1. The van der Waals surface area contributed by atoms with E-state index >= 15 is 0 Å². The number of aryl methyl sites for hydroxylation is 2. The quantitative estimate of drug-likeness (QED) is 0.918. The number of ether oxygens (including phenoxy) is 1. The first kappa shape index (κ1) is 14.9. The van der Waals surface area contributed by atoms with Crippen molar-refractivity contribution in [1.29, 1.82) is 0 Å². The Hall–Kier alpha value is -1.52. The molecule has 1 heterocycles. The van der Waals surface area contributed by atoms with Crippen molar-refractivity contribution in [3.05, 3.63) is 45.8 Å². The van der Waals surface area contributed by atoms with Crippen molar-refractivity contribution in [2.75, 3.05) is 0 Å². The van der Waals surface area contributed by atoms with Crippen LogP contribution in [-0.2, 0) is 13.0 Å². The van der Waals surface area contributed by atoms with Crippen molar-refractivity contribution in [1.82, 2.24) is 5.16 Å². The van der Waals surface area contributed by atoms with Crippen LogP contribution in [0.4, 0.5) is 0 Å². The molecule has 1 unspecified atom stereocenters. The van der Waals surface area contributed by atoms with E-state index in [1.807, 2.05) is 39.0 Å². The maximum Gasteiger partial charge on any atom is 0.140 e. The van der Waals surface area contributed by atoms with E-state index in [9.17, 15) is 0 Å². The summed E-state index contributed by atoms with van der Waals surface area (Å²) in [6, 6.07) is 5.65. The average molecular weight is 295 g/mol. The molecule has 1 aromatic heterocycles. The Labute approximate surface area is 123 Å². The van der Waals surface area contributed by atoms with Gasteiger partial charge >= 0.3 is 0 Å². The molecule has 2 rings (SSSR count). The molecule has 0 aliphatic rings. The highest BCUT2D eigenvalue weighted by Gasteiger charge is 2.13. The SMILES string of the molecule is Cc1noc(C)c1COc1cccc(Cl)c1CC(C)N. The van der Waals surface area contributed by atoms with E-state index in [4.69, 9.17) is 26.6 Å². The van der Waals surface area contributed by atoms with Crippen LogP contribution in [0.5, 0.6) is 5.75 Å². The summed E-state index contributed by atoms with van der Waals surface area (Å²) in [5, 5.41) is 4.59. The third-order valence-electron chi connectivity index (χ3n) is 3.16. The predicted octanol–water partition coefficient (Wildman–Crippen LogP) is 3.41. The summed E-state index contributed by atoms with van der Waals surface area (Å²) < 4.78 is 11.0. The smallest absolute Gasteiger partial charge is 0.140 e. The van der Waals surface area contributed by atoms with Crippen LogP contribution in [0.25, 0.3) is 0 Å². The Morgan fingerprint density at radius 1 is 1.35 bits per heavy atom. The zero-order chi connectivity index (χ0) is 14.7. The third kappa shape index (κ3) is 3.32. The lowest BCUT2D eigenvalue weighted by molar-refractivity contribution is 0.298. The van der Waals surface area contributed by atoms with Gasteiger partial charge in [-0.25, -0.2) is 0 Å². The summed E-state index contributed by atoms with van der Waals surface area (Å²) >= 11 is 6.23. The second-order valence-electron chi connectivity index (χ2n) is 4.99. The molecule has 1 atom stereocenters. The summed E-state index contributed by atoms with van der Waals surface area (Å²) in [5.41, 5.74) is 8.62. The van der Waals surface area contributed by atoms with E-state index in [1.54, 1.807) is 0 Å². The van der Waals surface area contributed by atoms with Crippen molar-refractivity contribution in [3.8, 4) is 5.75 Å². The highest BCUT2D eigenvalue weighted by atomic mass is 35.5. The van der Waals surface area contributed by atoms with Gasteiger partial charge in [0.1, 0.15) is 18.1 Å². The number of halogens is 1. The first-order valence-electron chi connectivity index (χ1n) is 6.56. The molecule has 0 fully saturated rings. The number of hydrogen-bond acceptors (Lipinski definition) is 4. The zero-order valence-electron chi connectivity index (χ0n) is 11.9. The zero-order valence-corrected chi connectivity index (χ0v) is 12.7. The van der Waals surface area contributed by atoms with Crippen molar-refractivity contribution < 1.29 is 9.26 Å².